The number of sulfonamides is 1. The van der Waals surface area contributed by atoms with Gasteiger partial charge in [0.25, 0.3) is 0 Å². The molecule has 152 valence electrons. The van der Waals surface area contributed by atoms with Crippen molar-refractivity contribution in [3.63, 3.8) is 0 Å². The molecule has 8 heteroatoms. The van der Waals surface area contributed by atoms with Crippen LogP contribution in [-0.4, -0.2) is 34.6 Å². The minimum atomic E-state index is -3.78. The maximum absolute atomic E-state index is 12.6. The zero-order valence-electron chi connectivity index (χ0n) is 16.1. The Morgan fingerprint density at radius 2 is 1.76 bits per heavy atom. The maximum Gasteiger partial charge on any atom is 0.240 e. The highest BCUT2D eigenvalue weighted by Crippen LogP contribution is 2.27. The number of fused-ring (bicyclic) bond motifs is 1. The van der Waals surface area contributed by atoms with Crippen molar-refractivity contribution in [2.45, 2.75) is 11.8 Å². The van der Waals surface area contributed by atoms with E-state index in [1.165, 1.54) is 32.2 Å². The zero-order valence-corrected chi connectivity index (χ0v) is 17.0. The van der Waals surface area contributed by atoms with Gasteiger partial charge >= 0.3 is 0 Å². The highest BCUT2D eigenvalue weighted by molar-refractivity contribution is 7.89. The molecule has 3 aromatic rings. The Morgan fingerprint density at radius 1 is 1.00 bits per heavy atom. The molecule has 0 aromatic heterocycles. The van der Waals surface area contributed by atoms with Crippen molar-refractivity contribution in [1.82, 2.24) is 4.72 Å². The van der Waals surface area contributed by atoms with Crippen molar-refractivity contribution in [3.05, 3.63) is 60.7 Å². The van der Waals surface area contributed by atoms with Gasteiger partial charge in [-0.2, -0.15) is 0 Å². The van der Waals surface area contributed by atoms with Crippen molar-refractivity contribution in [2.24, 2.45) is 0 Å². The highest BCUT2D eigenvalue weighted by Gasteiger charge is 2.17. The number of nitrogens with one attached hydrogen (secondary N) is 2. The lowest BCUT2D eigenvalue weighted by atomic mass is 10.1. The van der Waals surface area contributed by atoms with Gasteiger partial charge in [0.2, 0.25) is 15.9 Å². The van der Waals surface area contributed by atoms with E-state index < -0.39 is 10.0 Å². The smallest absolute Gasteiger partial charge is 0.240 e. The summed E-state index contributed by atoms with van der Waals surface area (Å²) in [5.74, 6) is 0.743. The van der Waals surface area contributed by atoms with E-state index in [-0.39, 0.29) is 29.6 Å². The molecule has 0 saturated heterocycles. The first kappa shape index (κ1) is 20.6. The van der Waals surface area contributed by atoms with E-state index in [0.29, 0.717) is 11.5 Å². The van der Waals surface area contributed by atoms with Crippen LogP contribution in [0, 0.1) is 0 Å². The second-order valence-electron chi connectivity index (χ2n) is 6.27. The second kappa shape index (κ2) is 8.93. The topological polar surface area (TPSA) is 93.7 Å². The molecular formula is C21H22N2O5S. The van der Waals surface area contributed by atoms with Gasteiger partial charge in [-0.3, -0.25) is 4.79 Å². The molecule has 0 atom stereocenters. The number of rotatable bonds is 8. The molecule has 3 aromatic carbocycles. The third kappa shape index (κ3) is 5.04. The number of amides is 1. The summed E-state index contributed by atoms with van der Waals surface area (Å²) in [5.41, 5.74) is 0.287. The van der Waals surface area contributed by atoms with Crippen molar-refractivity contribution < 1.29 is 22.7 Å². The predicted octanol–water partition coefficient (Wildman–Crippen LogP) is 3.16. The van der Waals surface area contributed by atoms with Gasteiger partial charge in [0, 0.05) is 18.9 Å². The van der Waals surface area contributed by atoms with E-state index in [1.54, 1.807) is 0 Å². The Labute approximate surface area is 169 Å². The number of anilines is 1. The Morgan fingerprint density at radius 3 is 2.52 bits per heavy atom. The van der Waals surface area contributed by atoms with Gasteiger partial charge in [0.05, 0.1) is 17.7 Å². The number of carbonyl (C=O) groups is 1. The highest BCUT2D eigenvalue weighted by atomic mass is 32.2. The first-order valence-electron chi connectivity index (χ1n) is 8.96. The van der Waals surface area contributed by atoms with Crippen molar-refractivity contribution in [2.75, 3.05) is 25.6 Å². The lowest BCUT2D eigenvalue weighted by Gasteiger charge is -2.13. The van der Waals surface area contributed by atoms with Crippen LogP contribution in [-0.2, 0) is 14.8 Å². The lowest BCUT2D eigenvalue weighted by molar-refractivity contribution is -0.114. The van der Waals surface area contributed by atoms with Gasteiger partial charge in [-0.15, -0.1) is 0 Å². The first-order chi connectivity index (χ1) is 13.9. The molecule has 0 aliphatic rings. The van der Waals surface area contributed by atoms with E-state index >= 15 is 0 Å². The SMILES string of the molecule is COc1ccc(S(=O)(=O)NCCOc2cccc3ccccc23)cc1NC(C)=O. The van der Waals surface area contributed by atoms with Gasteiger partial charge in [-0.05, 0) is 29.7 Å². The molecule has 0 saturated carbocycles. The van der Waals surface area contributed by atoms with Crippen LogP contribution in [0.4, 0.5) is 5.69 Å². The number of methoxy groups -OCH3 is 1. The lowest BCUT2D eigenvalue weighted by Crippen LogP contribution is -2.28. The molecule has 2 N–H and O–H groups in total. The third-order valence-electron chi connectivity index (χ3n) is 4.19. The minimum Gasteiger partial charge on any atom is -0.495 e. The molecule has 1 amide bonds. The summed E-state index contributed by atoms with van der Waals surface area (Å²) in [7, 11) is -2.34. The minimum absolute atomic E-state index is 0.0206. The Balaban J connectivity index is 1.66. The van der Waals surface area contributed by atoms with Crippen LogP contribution in [0.2, 0.25) is 0 Å². The standard InChI is InChI=1S/C21H22N2O5S/c1-15(24)23-19-14-17(10-11-21(19)27-2)29(25,26)22-12-13-28-20-9-5-7-16-6-3-4-8-18(16)20/h3-11,14,22H,12-13H2,1-2H3,(H,23,24). The van der Waals surface area contributed by atoms with Crippen LogP contribution in [0.1, 0.15) is 6.92 Å². The fourth-order valence-electron chi connectivity index (χ4n) is 2.88. The number of carbonyl (C=O) groups excluding carboxylic acids is 1. The number of benzene rings is 3. The van der Waals surface area contributed by atoms with Gasteiger partial charge in [0.15, 0.2) is 0 Å². The number of ether oxygens (including phenoxy) is 2. The molecule has 0 heterocycles. The average Bonchev–Trinajstić information content (AvgIpc) is 2.71. The largest absolute Gasteiger partial charge is 0.495 e. The molecular weight excluding hydrogens is 392 g/mol. The second-order valence-corrected chi connectivity index (χ2v) is 8.03. The summed E-state index contributed by atoms with van der Waals surface area (Å²) in [4.78, 5) is 11.4. The van der Waals surface area contributed by atoms with Crippen LogP contribution in [0.25, 0.3) is 10.8 Å². The zero-order chi connectivity index (χ0) is 20.9. The van der Waals surface area contributed by atoms with Crippen molar-refractivity contribution in [1.29, 1.82) is 0 Å². The molecule has 3 rings (SSSR count). The van der Waals surface area contributed by atoms with Crippen LogP contribution in [0.5, 0.6) is 11.5 Å². The summed E-state index contributed by atoms with van der Waals surface area (Å²) < 4.78 is 38.6. The van der Waals surface area contributed by atoms with Crippen LogP contribution in [0.3, 0.4) is 0 Å². The van der Waals surface area contributed by atoms with Crippen LogP contribution >= 0.6 is 0 Å². The van der Waals surface area contributed by atoms with Crippen molar-refractivity contribution in [3.8, 4) is 11.5 Å². The monoisotopic (exact) mass is 414 g/mol. The third-order valence-corrected chi connectivity index (χ3v) is 5.65. The molecule has 0 spiro atoms. The number of hydrogen-bond donors (Lipinski definition) is 2. The van der Waals surface area contributed by atoms with E-state index in [4.69, 9.17) is 9.47 Å². The van der Waals surface area contributed by atoms with E-state index in [2.05, 4.69) is 10.0 Å². The Bertz CT molecular complexity index is 1120. The summed E-state index contributed by atoms with van der Waals surface area (Å²) in [5, 5.41) is 4.58. The van der Waals surface area contributed by atoms with Crippen LogP contribution in [0.15, 0.2) is 65.6 Å². The maximum atomic E-state index is 12.6. The molecule has 0 aliphatic heterocycles. The van der Waals surface area contributed by atoms with Gasteiger partial charge < -0.3 is 14.8 Å². The van der Waals surface area contributed by atoms with Gasteiger partial charge in [-0.25, -0.2) is 13.1 Å². The predicted molar refractivity (Wildman–Crippen MR) is 112 cm³/mol. The summed E-state index contributed by atoms with van der Waals surface area (Å²) >= 11 is 0. The van der Waals surface area contributed by atoms with Gasteiger partial charge in [0.1, 0.15) is 18.1 Å². The fraction of sp³-hybridized carbons (Fsp3) is 0.190. The Hall–Kier alpha value is -3.10. The van der Waals surface area contributed by atoms with Crippen LogP contribution < -0.4 is 19.5 Å². The van der Waals surface area contributed by atoms with E-state index in [1.807, 2.05) is 42.5 Å². The summed E-state index contributed by atoms with van der Waals surface area (Å²) in [6.45, 7) is 1.60. The van der Waals surface area contributed by atoms with Crippen molar-refractivity contribution >= 4 is 32.4 Å². The van der Waals surface area contributed by atoms with E-state index in [0.717, 1.165) is 10.8 Å². The molecule has 7 nitrogen and oxygen atoms in total. The number of hydrogen-bond acceptors (Lipinski definition) is 5. The quantitative estimate of drug-likeness (QED) is 0.552. The average molecular weight is 414 g/mol. The Kier molecular flexibility index (Phi) is 6.36. The summed E-state index contributed by atoms with van der Waals surface area (Å²) in [6, 6.07) is 17.8. The molecule has 0 bridgehead atoms. The van der Waals surface area contributed by atoms with E-state index in [9.17, 15) is 13.2 Å². The molecule has 29 heavy (non-hydrogen) atoms. The first-order valence-corrected chi connectivity index (χ1v) is 10.4. The fourth-order valence-corrected chi connectivity index (χ4v) is 3.92. The van der Waals surface area contributed by atoms with Gasteiger partial charge in [-0.1, -0.05) is 36.4 Å². The summed E-state index contributed by atoms with van der Waals surface area (Å²) in [6.07, 6.45) is 0. The normalized spacial score (nSPS) is 11.2. The molecule has 0 unspecified atom stereocenters. The molecule has 0 radical (unpaired) electrons. The molecule has 0 aliphatic carbocycles. The molecule has 0 fully saturated rings.